The maximum atomic E-state index is 11.1. The first kappa shape index (κ1) is 12.3. The molecule has 0 saturated carbocycles. The van der Waals surface area contributed by atoms with E-state index in [1.165, 1.54) is 0 Å². The van der Waals surface area contributed by atoms with Gasteiger partial charge in [0.25, 0.3) is 10.1 Å². The van der Waals surface area contributed by atoms with E-state index in [1.54, 1.807) is 0 Å². The van der Waals surface area contributed by atoms with Gasteiger partial charge >= 0.3 is 0 Å². The van der Waals surface area contributed by atoms with Crippen LogP contribution in [0.25, 0.3) is 0 Å². The molecule has 0 bridgehead atoms. The minimum atomic E-state index is -4.67. The summed E-state index contributed by atoms with van der Waals surface area (Å²) in [5, 5.41) is 9.36. The van der Waals surface area contributed by atoms with E-state index in [9.17, 15) is 18.3 Å². The first-order valence-electron chi connectivity index (χ1n) is 4.05. The molecule has 0 radical (unpaired) electrons. The standard InChI is InChI=1S/C8H10N2O5S/c1-3(11)4-2-5(16(13,14)15)8(12)7(10)6(4)9/h2,12H,9-10H2,1H3,(H,13,14,15). The van der Waals surface area contributed by atoms with Crippen LogP contribution in [0.1, 0.15) is 17.3 Å². The molecule has 0 fully saturated rings. The van der Waals surface area contributed by atoms with Gasteiger partial charge in [-0.3, -0.25) is 9.35 Å². The van der Waals surface area contributed by atoms with E-state index in [2.05, 4.69) is 0 Å². The Morgan fingerprint density at radius 2 is 1.81 bits per heavy atom. The number of aromatic hydroxyl groups is 1. The lowest BCUT2D eigenvalue weighted by Crippen LogP contribution is -2.08. The molecular weight excluding hydrogens is 236 g/mol. The van der Waals surface area contributed by atoms with Crippen LogP contribution in [0.2, 0.25) is 0 Å². The summed E-state index contributed by atoms with van der Waals surface area (Å²) in [5.74, 6) is -1.40. The van der Waals surface area contributed by atoms with Crippen LogP contribution in [0.15, 0.2) is 11.0 Å². The Hall–Kier alpha value is -1.80. The summed E-state index contributed by atoms with van der Waals surface area (Å²) in [7, 11) is -4.67. The second kappa shape index (κ2) is 3.65. The molecule has 1 aromatic carbocycles. The van der Waals surface area contributed by atoms with E-state index in [0.29, 0.717) is 0 Å². The summed E-state index contributed by atoms with van der Waals surface area (Å²) in [6.45, 7) is 1.15. The summed E-state index contributed by atoms with van der Waals surface area (Å²) in [5.41, 5.74) is 9.87. The van der Waals surface area contributed by atoms with Crippen LogP contribution in [-0.2, 0) is 10.1 Å². The topological polar surface area (TPSA) is 144 Å². The fourth-order valence-electron chi connectivity index (χ4n) is 1.17. The van der Waals surface area contributed by atoms with Gasteiger partial charge in [-0.1, -0.05) is 0 Å². The largest absolute Gasteiger partial charge is 0.504 e. The molecule has 0 aliphatic heterocycles. The van der Waals surface area contributed by atoms with Crippen molar-refractivity contribution in [2.24, 2.45) is 0 Å². The number of ketones is 1. The maximum absolute atomic E-state index is 11.1. The Morgan fingerprint density at radius 1 is 1.31 bits per heavy atom. The first-order valence-corrected chi connectivity index (χ1v) is 5.49. The number of anilines is 2. The van der Waals surface area contributed by atoms with Crippen molar-refractivity contribution in [1.82, 2.24) is 0 Å². The molecule has 88 valence electrons. The zero-order chi connectivity index (χ0) is 12.7. The van der Waals surface area contributed by atoms with Gasteiger partial charge in [0, 0.05) is 5.56 Å². The average molecular weight is 246 g/mol. The van der Waals surface area contributed by atoms with Crippen molar-refractivity contribution in [1.29, 1.82) is 0 Å². The monoisotopic (exact) mass is 246 g/mol. The SMILES string of the molecule is CC(=O)c1cc(S(=O)(=O)O)c(O)c(N)c1N. The summed E-state index contributed by atoms with van der Waals surface area (Å²) in [6.07, 6.45) is 0. The number of nitrogens with two attached hydrogens (primary N) is 2. The van der Waals surface area contributed by atoms with Gasteiger partial charge < -0.3 is 16.6 Å². The second-order valence-corrected chi connectivity index (χ2v) is 4.52. The fraction of sp³-hybridized carbons (Fsp3) is 0.125. The highest BCUT2D eigenvalue weighted by molar-refractivity contribution is 7.86. The average Bonchev–Trinajstić information content (AvgIpc) is 2.11. The van der Waals surface area contributed by atoms with Gasteiger partial charge in [-0.2, -0.15) is 8.42 Å². The number of nitrogen functional groups attached to an aromatic ring is 2. The van der Waals surface area contributed by atoms with Crippen molar-refractivity contribution >= 4 is 27.3 Å². The van der Waals surface area contributed by atoms with Gasteiger partial charge in [0.1, 0.15) is 4.90 Å². The number of rotatable bonds is 2. The summed E-state index contributed by atoms with van der Waals surface area (Å²) >= 11 is 0. The Labute approximate surface area is 91.4 Å². The lowest BCUT2D eigenvalue weighted by atomic mass is 10.1. The molecule has 0 heterocycles. The van der Waals surface area contributed by atoms with E-state index in [0.717, 1.165) is 13.0 Å². The van der Waals surface area contributed by atoms with Gasteiger partial charge in [-0.15, -0.1) is 0 Å². The highest BCUT2D eigenvalue weighted by Crippen LogP contribution is 2.36. The highest BCUT2D eigenvalue weighted by Gasteiger charge is 2.23. The summed E-state index contributed by atoms with van der Waals surface area (Å²) in [6, 6.07) is 0.776. The summed E-state index contributed by atoms with van der Waals surface area (Å²) < 4.78 is 30.6. The number of hydrogen-bond donors (Lipinski definition) is 4. The molecule has 0 amide bonds. The van der Waals surface area contributed by atoms with Gasteiger partial charge in [0.2, 0.25) is 0 Å². The molecule has 0 aromatic heterocycles. The van der Waals surface area contributed by atoms with Crippen LogP contribution in [0.3, 0.4) is 0 Å². The van der Waals surface area contributed by atoms with Crippen molar-refractivity contribution in [3.63, 3.8) is 0 Å². The second-order valence-electron chi connectivity index (χ2n) is 3.13. The minimum absolute atomic E-state index is 0.178. The van der Waals surface area contributed by atoms with Crippen LogP contribution >= 0.6 is 0 Å². The molecule has 6 N–H and O–H groups in total. The van der Waals surface area contributed by atoms with E-state index in [-0.39, 0.29) is 11.3 Å². The Bertz CT molecular complexity index is 564. The molecule has 0 aliphatic rings. The van der Waals surface area contributed by atoms with Gasteiger partial charge in [0.15, 0.2) is 11.5 Å². The van der Waals surface area contributed by atoms with Crippen LogP contribution in [0.4, 0.5) is 11.4 Å². The smallest absolute Gasteiger partial charge is 0.298 e. The molecule has 1 aromatic rings. The molecule has 16 heavy (non-hydrogen) atoms. The maximum Gasteiger partial charge on any atom is 0.298 e. The number of hydrogen-bond acceptors (Lipinski definition) is 6. The van der Waals surface area contributed by atoms with Gasteiger partial charge in [-0.25, -0.2) is 0 Å². The molecule has 1 rings (SSSR count). The minimum Gasteiger partial charge on any atom is -0.504 e. The van der Waals surface area contributed by atoms with Crippen LogP contribution in [0.5, 0.6) is 5.75 Å². The van der Waals surface area contributed by atoms with Crippen molar-refractivity contribution in [3.05, 3.63) is 11.6 Å². The summed E-state index contributed by atoms with van der Waals surface area (Å²) in [4.78, 5) is 10.3. The zero-order valence-electron chi connectivity index (χ0n) is 8.26. The lowest BCUT2D eigenvalue weighted by Gasteiger charge is -2.10. The van der Waals surface area contributed by atoms with Gasteiger partial charge in [-0.05, 0) is 13.0 Å². The number of carbonyl (C=O) groups is 1. The third-order valence-electron chi connectivity index (χ3n) is 2.00. The Morgan fingerprint density at radius 3 is 2.19 bits per heavy atom. The number of phenolic OH excluding ortho intramolecular Hbond substituents is 1. The third-order valence-corrected chi connectivity index (χ3v) is 2.87. The van der Waals surface area contributed by atoms with Crippen LogP contribution < -0.4 is 11.5 Å². The number of Topliss-reactive ketones (excluding diaryl/α,β-unsaturated/α-hetero) is 1. The molecule has 0 spiro atoms. The van der Waals surface area contributed by atoms with E-state index in [1.807, 2.05) is 0 Å². The van der Waals surface area contributed by atoms with Crippen LogP contribution in [-0.4, -0.2) is 23.9 Å². The zero-order valence-corrected chi connectivity index (χ0v) is 9.08. The Kier molecular flexibility index (Phi) is 2.80. The van der Waals surface area contributed by atoms with Crippen molar-refractivity contribution in [2.75, 3.05) is 11.5 Å². The Balaban J connectivity index is 3.74. The molecule has 0 aliphatic carbocycles. The number of benzene rings is 1. The number of phenols is 1. The van der Waals surface area contributed by atoms with E-state index in [4.69, 9.17) is 16.0 Å². The van der Waals surface area contributed by atoms with E-state index >= 15 is 0 Å². The third kappa shape index (κ3) is 1.92. The molecule has 0 saturated heterocycles. The molecule has 0 atom stereocenters. The molecule has 0 unspecified atom stereocenters. The first-order chi connectivity index (χ1) is 7.16. The quantitative estimate of drug-likeness (QED) is 0.249. The van der Waals surface area contributed by atoms with Crippen LogP contribution in [0, 0.1) is 0 Å². The normalized spacial score (nSPS) is 11.4. The lowest BCUT2D eigenvalue weighted by molar-refractivity contribution is 0.101. The van der Waals surface area contributed by atoms with E-state index < -0.39 is 32.2 Å². The molecule has 8 heteroatoms. The van der Waals surface area contributed by atoms with Crippen molar-refractivity contribution < 1.29 is 22.9 Å². The molecule has 7 nitrogen and oxygen atoms in total. The molecular formula is C8H10N2O5S. The predicted molar refractivity (Wildman–Crippen MR) is 56.8 cm³/mol. The van der Waals surface area contributed by atoms with Gasteiger partial charge in [0.05, 0.1) is 11.4 Å². The highest BCUT2D eigenvalue weighted by atomic mass is 32.2. The fourth-order valence-corrected chi connectivity index (χ4v) is 1.79. The van der Waals surface area contributed by atoms with Crippen molar-refractivity contribution in [3.8, 4) is 5.75 Å². The predicted octanol–water partition coefficient (Wildman–Crippen LogP) is 0.00590. The van der Waals surface area contributed by atoms with Crippen molar-refractivity contribution in [2.45, 2.75) is 11.8 Å². The number of carbonyl (C=O) groups excluding carboxylic acids is 1.